The van der Waals surface area contributed by atoms with Crippen LogP contribution in [0.15, 0.2) is 24.3 Å². The van der Waals surface area contributed by atoms with Crippen LogP contribution >= 0.6 is 0 Å². The molecule has 0 bridgehead atoms. The molecule has 1 aliphatic rings. The molecule has 0 unspecified atom stereocenters. The number of hydrogen-bond donors (Lipinski definition) is 3. The van der Waals surface area contributed by atoms with E-state index in [2.05, 4.69) is 17.4 Å². The highest BCUT2D eigenvalue weighted by Crippen LogP contribution is 2.27. The van der Waals surface area contributed by atoms with Crippen molar-refractivity contribution in [2.24, 2.45) is 11.5 Å². The van der Waals surface area contributed by atoms with Crippen molar-refractivity contribution in [1.29, 1.82) is 0 Å². The van der Waals surface area contributed by atoms with E-state index in [-0.39, 0.29) is 5.66 Å². The van der Waals surface area contributed by atoms with E-state index >= 15 is 0 Å². The van der Waals surface area contributed by atoms with Gasteiger partial charge in [0.2, 0.25) is 0 Å². The number of benzene rings is 1. The lowest BCUT2D eigenvalue weighted by Crippen LogP contribution is -2.49. The second-order valence-electron chi connectivity index (χ2n) is 4.75. The van der Waals surface area contributed by atoms with Crippen LogP contribution in [0, 0.1) is 0 Å². The summed E-state index contributed by atoms with van der Waals surface area (Å²) in [6.07, 6.45) is 5.86. The third-order valence-electron chi connectivity index (χ3n) is 3.30. The Morgan fingerprint density at radius 3 is 2.62 bits per heavy atom. The molecule has 0 radical (unpaired) electrons. The zero-order chi connectivity index (χ0) is 11.4. The van der Waals surface area contributed by atoms with E-state index in [1.807, 2.05) is 12.1 Å². The van der Waals surface area contributed by atoms with Crippen LogP contribution in [0.3, 0.4) is 0 Å². The van der Waals surface area contributed by atoms with Gasteiger partial charge in [0.15, 0.2) is 0 Å². The van der Waals surface area contributed by atoms with Crippen molar-refractivity contribution < 1.29 is 0 Å². The summed E-state index contributed by atoms with van der Waals surface area (Å²) in [6, 6.07) is 8.21. The molecule has 3 heteroatoms. The van der Waals surface area contributed by atoms with Crippen LogP contribution in [0.5, 0.6) is 0 Å². The Balaban J connectivity index is 2.07. The van der Waals surface area contributed by atoms with Crippen molar-refractivity contribution in [2.75, 3.05) is 5.32 Å². The summed E-state index contributed by atoms with van der Waals surface area (Å²) < 4.78 is 0. The summed E-state index contributed by atoms with van der Waals surface area (Å²) in [7, 11) is 0. The average Bonchev–Trinajstić information content (AvgIpc) is 2.29. The van der Waals surface area contributed by atoms with Crippen molar-refractivity contribution in [3.63, 3.8) is 0 Å². The van der Waals surface area contributed by atoms with Gasteiger partial charge in [0.05, 0.1) is 5.66 Å². The van der Waals surface area contributed by atoms with Crippen LogP contribution < -0.4 is 16.8 Å². The highest BCUT2D eigenvalue weighted by atomic mass is 15.1. The first-order valence-corrected chi connectivity index (χ1v) is 6.08. The molecule has 3 nitrogen and oxygen atoms in total. The van der Waals surface area contributed by atoms with Crippen LogP contribution in [-0.2, 0) is 6.54 Å². The standard InChI is InChI=1S/C13H21N3/c14-10-11-5-4-6-12(9-11)16-13(15)7-2-1-3-8-13/h4-6,9,16H,1-3,7-8,10,14-15H2. The van der Waals surface area contributed by atoms with Crippen molar-refractivity contribution in [2.45, 2.75) is 44.3 Å². The third kappa shape index (κ3) is 2.74. The SMILES string of the molecule is NCc1cccc(NC2(N)CCCCC2)c1. The van der Waals surface area contributed by atoms with Gasteiger partial charge in [-0.15, -0.1) is 0 Å². The average molecular weight is 219 g/mol. The molecule has 16 heavy (non-hydrogen) atoms. The van der Waals surface area contributed by atoms with Gasteiger partial charge in [0, 0.05) is 12.2 Å². The smallest absolute Gasteiger partial charge is 0.0856 e. The number of nitrogens with one attached hydrogen (secondary N) is 1. The molecule has 0 atom stereocenters. The van der Waals surface area contributed by atoms with Crippen molar-refractivity contribution in [3.8, 4) is 0 Å². The molecular weight excluding hydrogens is 198 g/mol. The first-order chi connectivity index (χ1) is 7.72. The maximum atomic E-state index is 6.34. The van der Waals surface area contributed by atoms with Gasteiger partial charge < -0.3 is 16.8 Å². The molecule has 0 heterocycles. The van der Waals surface area contributed by atoms with Gasteiger partial charge >= 0.3 is 0 Å². The fourth-order valence-corrected chi connectivity index (χ4v) is 2.37. The Bertz CT molecular complexity index is 343. The zero-order valence-corrected chi connectivity index (χ0v) is 9.71. The lowest BCUT2D eigenvalue weighted by Gasteiger charge is -2.35. The van der Waals surface area contributed by atoms with Crippen LogP contribution in [-0.4, -0.2) is 5.66 Å². The van der Waals surface area contributed by atoms with E-state index in [1.165, 1.54) is 19.3 Å². The minimum atomic E-state index is -0.217. The van der Waals surface area contributed by atoms with Gasteiger partial charge in [-0.05, 0) is 43.4 Å². The Morgan fingerprint density at radius 1 is 1.19 bits per heavy atom. The number of hydrogen-bond acceptors (Lipinski definition) is 3. The van der Waals surface area contributed by atoms with Gasteiger partial charge in [-0.3, -0.25) is 0 Å². The maximum absolute atomic E-state index is 6.34. The highest BCUT2D eigenvalue weighted by molar-refractivity contribution is 5.47. The van der Waals surface area contributed by atoms with E-state index in [4.69, 9.17) is 11.5 Å². The van der Waals surface area contributed by atoms with Gasteiger partial charge in [0.25, 0.3) is 0 Å². The topological polar surface area (TPSA) is 64.1 Å². The van der Waals surface area contributed by atoms with Crippen LogP contribution in [0.2, 0.25) is 0 Å². The van der Waals surface area contributed by atoms with E-state index in [9.17, 15) is 0 Å². The molecule has 1 saturated carbocycles. The largest absolute Gasteiger partial charge is 0.367 e. The summed E-state index contributed by atoms with van der Waals surface area (Å²) in [5.41, 5.74) is 14.0. The molecule has 1 fully saturated rings. The molecular formula is C13H21N3. The molecule has 0 aliphatic heterocycles. The molecule has 0 saturated heterocycles. The number of anilines is 1. The Kier molecular flexibility index (Phi) is 3.46. The van der Waals surface area contributed by atoms with Crippen LogP contribution in [0.4, 0.5) is 5.69 Å². The zero-order valence-electron chi connectivity index (χ0n) is 9.71. The second-order valence-corrected chi connectivity index (χ2v) is 4.75. The molecule has 0 aromatic heterocycles. The quantitative estimate of drug-likeness (QED) is 0.683. The molecule has 0 spiro atoms. The Hall–Kier alpha value is -1.06. The molecule has 1 aromatic rings. The molecule has 1 aromatic carbocycles. The van der Waals surface area contributed by atoms with E-state index in [0.29, 0.717) is 6.54 Å². The fraction of sp³-hybridized carbons (Fsp3) is 0.538. The summed E-state index contributed by atoms with van der Waals surface area (Å²) in [5.74, 6) is 0. The van der Waals surface area contributed by atoms with Gasteiger partial charge in [-0.1, -0.05) is 18.6 Å². The predicted octanol–water partition coefficient (Wildman–Crippen LogP) is 2.18. The van der Waals surface area contributed by atoms with E-state index < -0.39 is 0 Å². The van der Waals surface area contributed by atoms with Crippen molar-refractivity contribution in [3.05, 3.63) is 29.8 Å². The first-order valence-electron chi connectivity index (χ1n) is 6.08. The molecule has 88 valence electrons. The third-order valence-corrected chi connectivity index (χ3v) is 3.30. The Labute approximate surface area is 97.2 Å². The van der Waals surface area contributed by atoms with Gasteiger partial charge in [-0.25, -0.2) is 0 Å². The van der Waals surface area contributed by atoms with E-state index in [1.54, 1.807) is 0 Å². The normalized spacial score (nSPS) is 19.4. The van der Waals surface area contributed by atoms with Crippen molar-refractivity contribution >= 4 is 5.69 Å². The summed E-state index contributed by atoms with van der Waals surface area (Å²) in [5, 5.41) is 3.45. The predicted molar refractivity (Wildman–Crippen MR) is 68.0 cm³/mol. The molecule has 5 N–H and O–H groups in total. The molecule has 0 amide bonds. The lowest BCUT2D eigenvalue weighted by molar-refractivity contribution is 0.333. The van der Waals surface area contributed by atoms with Crippen LogP contribution in [0.25, 0.3) is 0 Å². The highest BCUT2D eigenvalue weighted by Gasteiger charge is 2.26. The maximum Gasteiger partial charge on any atom is 0.0856 e. The van der Waals surface area contributed by atoms with Crippen molar-refractivity contribution in [1.82, 2.24) is 0 Å². The second kappa shape index (κ2) is 4.85. The minimum absolute atomic E-state index is 0.217. The molecule has 1 aliphatic carbocycles. The summed E-state index contributed by atoms with van der Waals surface area (Å²) in [4.78, 5) is 0. The van der Waals surface area contributed by atoms with E-state index in [0.717, 1.165) is 24.1 Å². The number of nitrogens with two attached hydrogens (primary N) is 2. The van der Waals surface area contributed by atoms with Crippen LogP contribution in [0.1, 0.15) is 37.7 Å². The fourth-order valence-electron chi connectivity index (χ4n) is 2.37. The van der Waals surface area contributed by atoms with Gasteiger partial charge in [0.1, 0.15) is 0 Å². The monoisotopic (exact) mass is 219 g/mol. The Morgan fingerprint density at radius 2 is 1.94 bits per heavy atom. The lowest BCUT2D eigenvalue weighted by atomic mass is 9.89. The van der Waals surface area contributed by atoms with Gasteiger partial charge in [-0.2, -0.15) is 0 Å². The summed E-state index contributed by atoms with van der Waals surface area (Å²) in [6.45, 7) is 0.576. The summed E-state index contributed by atoms with van der Waals surface area (Å²) >= 11 is 0. The number of rotatable bonds is 3. The molecule has 2 rings (SSSR count). The first kappa shape index (κ1) is 11.4. The minimum Gasteiger partial charge on any atom is -0.367 e.